The molecule has 4 atom stereocenters. The molecule has 3 heterocycles. The Labute approximate surface area is 246 Å². The van der Waals surface area contributed by atoms with E-state index in [1.807, 2.05) is 19.1 Å². The zero-order valence-electron chi connectivity index (χ0n) is 24.5. The number of rotatable bonds is 9. The molecule has 1 N–H and O–H groups in total. The second kappa shape index (κ2) is 12.0. The average molecular weight is 575 g/mol. The lowest BCUT2D eigenvalue weighted by Crippen LogP contribution is -2.43. The van der Waals surface area contributed by atoms with Gasteiger partial charge in [0.25, 0.3) is 0 Å². The summed E-state index contributed by atoms with van der Waals surface area (Å²) < 4.78 is 32.7. The van der Waals surface area contributed by atoms with Crippen LogP contribution in [-0.4, -0.2) is 53.9 Å². The number of hydrogen-bond acceptors (Lipinski definition) is 6. The molecule has 222 valence electrons. The van der Waals surface area contributed by atoms with Gasteiger partial charge in [-0.2, -0.15) is 0 Å². The first kappa shape index (κ1) is 28.6. The highest BCUT2D eigenvalue weighted by Gasteiger charge is 2.39. The first-order valence-corrected chi connectivity index (χ1v) is 15.0. The maximum Gasteiger partial charge on any atom is 0.306 e. The largest absolute Gasteiger partial charge is 0.485 e. The van der Waals surface area contributed by atoms with Crippen molar-refractivity contribution in [2.45, 2.75) is 64.1 Å². The topological polar surface area (TPSA) is 81.1 Å². The molecular weight excluding hydrogens is 535 g/mol. The summed E-state index contributed by atoms with van der Waals surface area (Å²) in [6, 6.07) is 14.4. The maximum atomic E-state index is 15.1. The first-order chi connectivity index (χ1) is 20.3. The lowest BCUT2D eigenvalue weighted by molar-refractivity contribution is -0.142. The number of fused-ring (bicyclic) bond motifs is 1. The van der Waals surface area contributed by atoms with Gasteiger partial charge in [-0.05, 0) is 78.3 Å². The van der Waals surface area contributed by atoms with Gasteiger partial charge in [-0.25, -0.2) is 9.37 Å². The number of pyridine rings is 1. The SMILES string of the molecule is COc1cc(-c2ccc(C3CCc4ccc(C(C5CC5)[C@H](C)C(=O)O)cc4O3)cc2CN2CCOC[C@@H]2C)c(F)cn1. The number of methoxy groups -OCH3 is 1. The molecule has 7 nitrogen and oxygen atoms in total. The molecule has 2 aromatic carbocycles. The highest BCUT2D eigenvalue weighted by atomic mass is 19.1. The number of halogens is 1. The van der Waals surface area contributed by atoms with E-state index in [-0.39, 0.29) is 18.1 Å². The van der Waals surface area contributed by atoms with Crippen LogP contribution in [0.25, 0.3) is 11.1 Å². The number of ether oxygens (including phenoxy) is 3. The van der Waals surface area contributed by atoms with Crippen LogP contribution in [0.15, 0.2) is 48.7 Å². The summed E-state index contributed by atoms with van der Waals surface area (Å²) in [4.78, 5) is 18.3. The summed E-state index contributed by atoms with van der Waals surface area (Å²) in [7, 11) is 1.53. The summed E-state index contributed by atoms with van der Waals surface area (Å²) in [6.45, 7) is 6.76. The molecule has 0 bridgehead atoms. The van der Waals surface area contributed by atoms with E-state index >= 15 is 4.39 Å². The number of nitrogens with zero attached hydrogens (tertiary/aromatic N) is 2. The van der Waals surface area contributed by atoms with E-state index in [4.69, 9.17) is 14.2 Å². The van der Waals surface area contributed by atoms with Crippen molar-refractivity contribution < 1.29 is 28.5 Å². The standard InChI is InChI=1S/C34H39FN2O5/c1-20-19-41-13-12-37(20)18-26-14-24(8-10-27(26)28-16-32(40-3)36-17-29(28)35)30-11-9-22-4-7-25(15-31(22)42-30)33(23-5-6-23)21(2)34(38)39/h4,7-8,10,14-17,20-21,23,30,33H,5-6,9,11-13,18-19H2,1-3H3,(H,38,39)/t20-,21-,30?,33?/m0/s1. The van der Waals surface area contributed by atoms with Crippen molar-refractivity contribution in [3.8, 4) is 22.8 Å². The number of carbonyl (C=O) groups is 1. The van der Waals surface area contributed by atoms with Gasteiger partial charge < -0.3 is 19.3 Å². The minimum Gasteiger partial charge on any atom is -0.485 e. The van der Waals surface area contributed by atoms with Crippen molar-refractivity contribution in [1.29, 1.82) is 0 Å². The number of carboxylic acids is 1. The molecule has 2 fully saturated rings. The van der Waals surface area contributed by atoms with E-state index < -0.39 is 17.7 Å². The second-order valence-electron chi connectivity index (χ2n) is 12.0. The number of carboxylic acid groups (broad SMARTS) is 1. The summed E-state index contributed by atoms with van der Waals surface area (Å²) in [5.41, 5.74) is 5.53. The molecule has 2 aliphatic heterocycles. The van der Waals surface area contributed by atoms with Crippen molar-refractivity contribution in [3.05, 3.63) is 76.7 Å². The third-order valence-corrected chi connectivity index (χ3v) is 9.19. The second-order valence-corrected chi connectivity index (χ2v) is 12.0. The van der Waals surface area contributed by atoms with Crippen molar-refractivity contribution in [2.24, 2.45) is 11.8 Å². The molecule has 1 saturated carbocycles. The normalized spacial score (nSPS) is 22.1. The smallest absolute Gasteiger partial charge is 0.306 e. The van der Waals surface area contributed by atoms with E-state index in [1.165, 1.54) is 13.3 Å². The van der Waals surface area contributed by atoms with Gasteiger partial charge in [0.1, 0.15) is 17.7 Å². The van der Waals surface area contributed by atoms with Gasteiger partial charge in [-0.15, -0.1) is 0 Å². The number of aromatic nitrogens is 1. The first-order valence-electron chi connectivity index (χ1n) is 15.0. The van der Waals surface area contributed by atoms with Crippen LogP contribution in [0.4, 0.5) is 4.39 Å². The van der Waals surface area contributed by atoms with E-state index in [9.17, 15) is 9.90 Å². The van der Waals surface area contributed by atoms with Gasteiger partial charge >= 0.3 is 5.97 Å². The van der Waals surface area contributed by atoms with Crippen LogP contribution in [0.1, 0.15) is 67.4 Å². The van der Waals surface area contributed by atoms with Crippen LogP contribution in [0.3, 0.4) is 0 Å². The Morgan fingerprint density at radius 1 is 1.17 bits per heavy atom. The number of morpholine rings is 1. The van der Waals surface area contributed by atoms with Crippen LogP contribution in [0, 0.1) is 17.7 Å². The van der Waals surface area contributed by atoms with E-state index in [0.717, 1.165) is 65.8 Å². The van der Waals surface area contributed by atoms with Gasteiger partial charge in [-0.1, -0.05) is 37.3 Å². The van der Waals surface area contributed by atoms with Gasteiger partial charge in [0.2, 0.25) is 5.88 Å². The number of benzene rings is 2. The van der Waals surface area contributed by atoms with Crippen LogP contribution < -0.4 is 9.47 Å². The molecule has 42 heavy (non-hydrogen) atoms. The van der Waals surface area contributed by atoms with Gasteiger partial charge in [0.15, 0.2) is 0 Å². The fourth-order valence-corrected chi connectivity index (χ4v) is 6.57. The third kappa shape index (κ3) is 5.88. The minimum atomic E-state index is -0.756. The van der Waals surface area contributed by atoms with Gasteiger partial charge in [0, 0.05) is 30.8 Å². The summed E-state index contributed by atoms with van der Waals surface area (Å²) >= 11 is 0. The predicted molar refractivity (Wildman–Crippen MR) is 157 cm³/mol. The Morgan fingerprint density at radius 2 is 2.00 bits per heavy atom. The third-order valence-electron chi connectivity index (χ3n) is 9.19. The van der Waals surface area contributed by atoms with Crippen molar-refractivity contribution >= 4 is 5.97 Å². The van der Waals surface area contributed by atoms with E-state index in [2.05, 4.69) is 41.1 Å². The van der Waals surface area contributed by atoms with Crippen LogP contribution in [0.2, 0.25) is 0 Å². The van der Waals surface area contributed by atoms with Crippen molar-refractivity contribution in [2.75, 3.05) is 26.9 Å². The zero-order chi connectivity index (χ0) is 29.4. The molecule has 0 radical (unpaired) electrons. The van der Waals surface area contributed by atoms with Gasteiger partial charge in [-0.3, -0.25) is 9.69 Å². The molecule has 0 spiro atoms. The van der Waals surface area contributed by atoms with E-state index in [0.29, 0.717) is 37.1 Å². The summed E-state index contributed by atoms with van der Waals surface area (Å²) in [5.74, 6) is 0.0174. The van der Waals surface area contributed by atoms with Gasteiger partial charge in [0.05, 0.1) is 32.4 Å². The molecule has 6 rings (SSSR count). The van der Waals surface area contributed by atoms with Crippen LogP contribution in [-0.2, 0) is 22.5 Å². The molecule has 1 aliphatic carbocycles. The Bertz CT molecular complexity index is 1460. The Hall–Kier alpha value is -3.49. The summed E-state index contributed by atoms with van der Waals surface area (Å²) in [6.07, 6.45) is 4.90. The zero-order valence-corrected chi connectivity index (χ0v) is 24.5. The fraction of sp³-hybridized carbons (Fsp3) is 0.471. The fourth-order valence-electron chi connectivity index (χ4n) is 6.57. The van der Waals surface area contributed by atoms with Crippen molar-refractivity contribution in [1.82, 2.24) is 9.88 Å². The highest BCUT2D eigenvalue weighted by molar-refractivity contribution is 5.71. The molecule has 2 unspecified atom stereocenters. The Kier molecular flexibility index (Phi) is 8.19. The lowest BCUT2D eigenvalue weighted by atomic mass is 9.82. The quantitative estimate of drug-likeness (QED) is 0.317. The number of aliphatic carboxylic acids is 1. The Balaban J connectivity index is 1.32. The molecule has 8 heteroatoms. The monoisotopic (exact) mass is 574 g/mol. The molecule has 0 amide bonds. The predicted octanol–water partition coefficient (Wildman–Crippen LogP) is 6.40. The van der Waals surface area contributed by atoms with Crippen molar-refractivity contribution in [3.63, 3.8) is 0 Å². The maximum absolute atomic E-state index is 15.1. The van der Waals surface area contributed by atoms with Crippen LogP contribution in [0.5, 0.6) is 11.6 Å². The minimum absolute atomic E-state index is 0.00887. The molecule has 1 aromatic heterocycles. The molecular formula is C34H39FN2O5. The highest BCUT2D eigenvalue weighted by Crippen LogP contribution is 2.48. The number of aryl methyl sites for hydroxylation is 1. The molecule has 3 aromatic rings. The number of hydrogen-bond donors (Lipinski definition) is 1. The average Bonchev–Trinajstić information content (AvgIpc) is 3.83. The lowest BCUT2D eigenvalue weighted by Gasteiger charge is -2.34. The molecule has 1 saturated heterocycles. The van der Waals surface area contributed by atoms with E-state index in [1.54, 1.807) is 6.07 Å². The molecule has 3 aliphatic rings. The van der Waals surface area contributed by atoms with Crippen LogP contribution >= 0.6 is 0 Å². The summed E-state index contributed by atoms with van der Waals surface area (Å²) in [5, 5.41) is 9.76. The Morgan fingerprint density at radius 3 is 2.74 bits per heavy atom.